The summed E-state index contributed by atoms with van der Waals surface area (Å²) in [6.07, 6.45) is 0. The number of fused-ring (bicyclic) bond motifs is 1. The van der Waals surface area contributed by atoms with E-state index in [2.05, 4.69) is 9.97 Å². The number of imidazole rings is 1. The predicted molar refractivity (Wildman–Crippen MR) is 135 cm³/mol. The number of methoxy groups -OCH3 is 1. The van der Waals surface area contributed by atoms with Crippen molar-refractivity contribution in [2.45, 2.75) is 6.04 Å². The summed E-state index contributed by atoms with van der Waals surface area (Å²) in [4.78, 5) is 37.4. The Morgan fingerprint density at radius 3 is 2.39 bits per heavy atom. The van der Waals surface area contributed by atoms with Crippen LogP contribution in [0.5, 0.6) is 5.75 Å². The quantitative estimate of drug-likeness (QED) is 0.246. The van der Waals surface area contributed by atoms with Crippen molar-refractivity contribution in [3.8, 4) is 5.75 Å². The van der Waals surface area contributed by atoms with Gasteiger partial charge >= 0.3 is 5.91 Å². The molecule has 0 radical (unpaired) electrons. The number of anilines is 2. The average molecular weight is 487 g/mol. The fraction of sp³-hybridized carbons (Fsp3) is 0.148. The van der Waals surface area contributed by atoms with Crippen molar-refractivity contribution in [1.29, 1.82) is 0 Å². The number of aromatic amines is 1. The second kappa shape index (κ2) is 8.84. The van der Waals surface area contributed by atoms with Crippen molar-refractivity contribution in [2.75, 3.05) is 31.0 Å². The van der Waals surface area contributed by atoms with Gasteiger partial charge in [0, 0.05) is 31.4 Å². The van der Waals surface area contributed by atoms with E-state index in [1.54, 1.807) is 37.4 Å². The topological polar surface area (TPSA) is 98.8 Å². The number of H-pyrrole nitrogens is 1. The molecule has 0 spiro atoms. The predicted octanol–water partition coefficient (Wildman–Crippen LogP) is 4.40. The van der Waals surface area contributed by atoms with E-state index in [1.165, 1.54) is 29.2 Å². The average Bonchev–Trinajstić information content (AvgIpc) is 3.41. The number of ketones is 1. The third kappa shape index (κ3) is 3.84. The minimum Gasteiger partial charge on any atom is -0.507 e. The Hall–Kier alpha value is -4.66. The van der Waals surface area contributed by atoms with E-state index in [4.69, 9.17) is 4.74 Å². The standard InChI is InChI=1S/C27H23FN4O4/c1-31(2)18-10-6-15(7-11-18)23-22(24(33)16-4-8-17(28)9-5-16)25(34)26(35)32(23)27-29-20-13-12-19(36-3)14-21(20)30-27/h4-14,23,33H,1-3H3,(H,29,30)/b24-22+. The van der Waals surface area contributed by atoms with Gasteiger partial charge < -0.3 is 19.7 Å². The van der Waals surface area contributed by atoms with Crippen LogP contribution in [0.2, 0.25) is 0 Å². The van der Waals surface area contributed by atoms with Crippen LogP contribution in [-0.4, -0.2) is 48.0 Å². The molecule has 3 aromatic carbocycles. The number of nitrogens with one attached hydrogen (secondary N) is 1. The van der Waals surface area contributed by atoms with Gasteiger partial charge in [0.1, 0.15) is 17.3 Å². The number of aliphatic hydroxyl groups is 1. The van der Waals surface area contributed by atoms with E-state index in [0.29, 0.717) is 22.3 Å². The number of carbonyl (C=O) groups excluding carboxylic acids is 2. The zero-order valence-corrected chi connectivity index (χ0v) is 19.8. The first-order valence-corrected chi connectivity index (χ1v) is 11.2. The summed E-state index contributed by atoms with van der Waals surface area (Å²) in [7, 11) is 5.35. The molecule has 1 saturated heterocycles. The molecule has 0 aliphatic carbocycles. The lowest BCUT2D eigenvalue weighted by molar-refractivity contribution is -0.132. The van der Waals surface area contributed by atoms with Gasteiger partial charge in [-0.15, -0.1) is 0 Å². The molecule has 1 amide bonds. The van der Waals surface area contributed by atoms with Crippen molar-refractivity contribution in [1.82, 2.24) is 9.97 Å². The maximum absolute atomic E-state index is 13.5. The van der Waals surface area contributed by atoms with E-state index in [0.717, 1.165) is 5.69 Å². The van der Waals surface area contributed by atoms with Crippen LogP contribution in [0.25, 0.3) is 16.8 Å². The molecule has 1 atom stereocenters. The van der Waals surface area contributed by atoms with Gasteiger partial charge in [0.15, 0.2) is 0 Å². The molecule has 2 heterocycles. The molecule has 5 rings (SSSR count). The van der Waals surface area contributed by atoms with Gasteiger partial charge in [-0.25, -0.2) is 9.37 Å². The number of benzene rings is 3. The lowest BCUT2D eigenvalue weighted by Gasteiger charge is -2.23. The molecule has 0 bridgehead atoms. The molecule has 1 aliphatic heterocycles. The van der Waals surface area contributed by atoms with Crippen molar-refractivity contribution in [2.24, 2.45) is 0 Å². The van der Waals surface area contributed by atoms with Crippen LogP contribution in [0.3, 0.4) is 0 Å². The van der Waals surface area contributed by atoms with Gasteiger partial charge in [-0.1, -0.05) is 12.1 Å². The first-order valence-electron chi connectivity index (χ1n) is 11.2. The fourth-order valence-electron chi connectivity index (χ4n) is 4.30. The number of halogens is 1. The van der Waals surface area contributed by atoms with Crippen LogP contribution in [0, 0.1) is 5.82 Å². The Morgan fingerprint density at radius 2 is 1.75 bits per heavy atom. The van der Waals surface area contributed by atoms with Crippen LogP contribution >= 0.6 is 0 Å². The molecule has 4 aromatic rings. The Bertz CT molecular complexity index is 1510. The first kappa shape index (κ1) is 23.1. The molecule has 9 heteroatoms. The monoisotopic (exact) mass is 486 g/mol. The molecule has 1 aromatic heterocycles. The van der Waals surface area contributed by atoms with Crippen LogP contribution in [-0.2, 0) is 9.59 Å². The molecule has 1 unspecified atom stereocenters. The van der Waals surface area contributed by atoms with Crippen molar-refractivity contribution in [3.05, 3.63) is 89.2 Å². The minimum absolute atomic E-state index is 0.109. The van der Waals surface area contributed by atoms with E-state index in [-0.39, 0.29) is 17.1 Å². The first-order chi connectivity index (χ1) is 17.3. The Labute approximate surface area is 206 Å². The fourth-order valence-corrected chi connectivity index (χ4v) is 4.30. The number of aromatic nitrogens is 2. The summed E-state index contributed by atoms with van der Waals surface area (Å²) >= 11 is 0. The number of rotatable bonds is 5. The Balaban J connectivity index is 1.70. The van der Waals surface area contributed by atoms with Crippen molar-refractivity contribution >= 4 is 40.1 Å². The molecule has 2 N–H and O–H groups in total. The van der Waals surface area contributed by atoms with Crippen LogP contribution < -0.4 is 14.5 Å². The normalized spacial score (nSPS) is 17.1. The van der Waals surface area contributed by atoms with E-state index in [9.17, 15) is 19.1 Å². The van der Waals surface area contributed by atoms with Gasteiger partial charge in [-0.2, -0.15) is 0 Å². The number of aliphatic hydroxyl groups excluding tert-OH is 1. The zero-order valence-electron chi connectivity index (χ0n) is 19.8. The number of amides is 1. The van der Waals surface area contributed by atoms with Crippen LogP contribution in [0.4, 0.5) is 16.0 Å². The summed E-state index contributed by atoms with van der Waals surface area (Å²) in [6, 6.07) is 16.6. The number of nitrogens with zero attached hydrogens (tertiary/aromatic N) is 3. The third-order valence-electron chi connectivity index (χ3n) is 6.19. The lowest BCUT2D eigenvalue weighted by Crippen LogP contribution is -2.30. The second-order valence-corrected chi connectivity index (χ2v) is 8.61. The molecule has 8 nitrogen and oxygen atoms in total. The third-order valence-corrected chi connectivity index (χ3v) is 6.19. The van der Waals surface area contributed by atoms with Crippen LogP contribution in [0.1, 0.15) is 17.2 Å². The zero-order chi connectivity index (χ0) is 25.6. The molecule has 1 fully saturated rings. The lowest BCUT2D eigenvalue weighted by atomic mass is 9.95. The van der Waals surface area contributed by atoms with Gasteiger partial charge in [0.05, 0.1) is 29.8 Å². The van der Waals surface area contributed by atoms with Crippen molar-refractivity contribution in [3.63, 3.8) is 0 Å². The summed E-state index contributed by atoms with van der Waals surface area (Å²) in [5, 5.41) is 11.1. The number of carbonyl (C=O) groups is 2. The van der Waals surface area contributed by atoms with E-state index in [1.807, 2.05) is 31.1 Å². The molecule has 182 valence electrons. The number of ether oxygens (including phenoxy) is 1. The molecule has 36 heavy (non-hydrogen) atoms. The van der Waals surface area contributed by atoms with Gasteiger partial charge in [-0.05, 0) is 54.1 Å². The molecular formula is C27H23FN4O4. The molecule has 1 aliphatic rings. The largest absolute Gasteiger partial charge is 0.507 e. The second-order valence-electron chi connectivity index (χ2n) is 8.61. The smallest absolute Gasteiger partial charge is 0.302 e. The summed E-state index contributed by atoms with van der Waals surface area (Å²) in [5.74, 6) is -1.83. The van der Waals surface area contributed by atoms with E-state index >= 15 is 0 Å². The highest BCUT2D eigenvalue weighted by Gasteiger charge is 2.48. The van der Waals surface area contributed by atoms with Gasteiger partial charge in [-0.3, -0.25) is 14.5 Å². The molecule has 0 saturated carbocycles. The highest BCUT2D eigenvalue weighted by atomic mass is 19.1. The summed E-state index contributed by atoms with van der Waals surface area (Å²) in [6.45, 7) is 0. The number of Topliss-reactive ketones (excluding diaryl/α,β-unsaturated/α-hetero) is 1. The summed E-state index contributed by atoms with van der Waals surface area (Å²) < 4.78 is 18.8. The maximum Gasteiger partial charge on any atom is 0.302 e. The van der Waals surface area contributed by atoms with E-state index < -0.39 is 29.3 Å². The minimum atomic E-state index is -0.964. The van der Waals surface area contributed by atoms with Crippen LogP contribution in [0.15, 0.2) is 72.3 Å². The van der Waals surface area contributed by atoms with Gasteiger partial charge in [0.2, 0.25) is 5.95 Å². The Morgan fingerprint density at radius 1 is 1.06 bits per heavy atom. The van der Waals surface area contributed by atoms with Gasteiger partial charge in [0.25, 0.3) is 5.78 Å². The SMILES string of the molecule is COc1ccc2nc(N3C(=O)C(=O)/C(=C(/O)c4ccc(F)cc4)C3c3ccc(N(C)C)cc3)[nH]c2c1. The number of hydrogen-bond acceptors (Lipinski definition) is 6. The molecular weight excluding hydrogens is 463 g/mol. The maximum atomic E-state index is 13.5. The number of hydrogen-bond donors (Lipinski definition) is 2. The highest BCUT2D eigenvalue weighted by molar-refractivity contribution is 6.51. The highest BCUT2D eigenvalue weighted by Crippen LogP contribution is 2.42. The van der Waals surface area contributed by atoms with Crippen molar-refractivity contribution < 1.29 is 23.8 Å². The summed E-state index contributed by atoms with van der Waals surface area (Å²) in [5.41, 5.74) is 2.83. The Kier molecular flexibility index (Phi) is 5.68.